The molecule has 0 aromatic carbocycles. The van der Waals surface area contributed by atoms with E-state index in [-0.39, 0.29) is 136 Å². The van der Waals surface area contributed by atoms with Crippen LogP contribution in [0.3, 0.4) is 0 Å². The maximum absolute atomic E-state index is 8.39. The van der Waals surface area contributed by atoms with Crippen LogP contribution in [0.4, 0.5) is 0 Å². The largest absolute Gasteiger partial charge is 0 e. The second kappa shape index (κ2) is 48.1. The molecule has 7 heteroatoms. The predicted molar refractivity (Wildman–Crippen MR) is 23.7 cm³/mol. The Morgan fingerprint density at radius 1 is 1.14 bits per heavy atom. The molecule has 0 unspecified atom stereocenters. The van der Waals surface area contributed by atoms with E-state index < -0.39 is 0 Å². The summed E-state index contributed by atoms with van der Waals surface area (Å²) in [5.74, 6) is 0. The van der Waals surface area contributed by atoms with E-state index in [0.29, 0.717) is 0 Å². The molecule has 0 saturated carbocycles. The van der Waals surface area contributed by atoms with Crippen molar-refractivity contribution in [2.45, 2.75) is 0 Å². The molecule has 0 saturated heterocycles. The monoisotopic (exact) mass is 660 g/mol. The van der Waals surface area contributed by atoms with Crippen LogP contribution in [-0.4, -0.2) is 89.0 Å². The van der Waals surface area contributed by atoms with Gasteiger partial charge in [-0.25, -0.2) is 0 Å². The molecule has 0 bridgehead atoms. The summed E-state index contributed by atoms with van der Waals surface area (Å²) >= 11 is 0.0556. The first kappa shape index (κ1) is 42.6. The molecular weight excluding hydrogens is 658 g/mol. The van der Waals surface area contributed by atoms with Gasteiger partial charge in [-0.05, 0) is 0 Å². The maximum atomic E-state index is 8.39. The van der Waals surface area contributed by atoms with Gasteiger partial charge in [-0.15, -0.1) is 0 Å². The second-order valence-electron chi connectivity index (χ2n) is 0. The van der Waals surface area contributed by atoms with Crippen LogP contribution in [-0.2, 0) is 49.5 Å². The summed E-state index contributed by atoms with van der Waals surface area (Å²) in [6.45, 7) is 0. The van der Waals surface area contributed by atoms with E-state index in [1.54, 1.807) is 0 Å². The van der Waals surface area contributed by atoms with Crippen LogP contribution >= 0.6 is 0 Å². The Hall–Kier alpha value is 4.32. The van der Waals surface area contributed by atoms with Gasteiger partial charge >= 0.3 is 28.5 Å². The topological polar surface area (TPSA) is 17.1 Å². The quantitative estimate of drug-likeness (QED) is 0.286. The molecule has 0 aromatic heterocycles. The van der Waals surface area contributed by atoms with E-state index in [4.69, 9.17) is 2.69 Å². The Morgan fingerprint density at radius 3 is 1.14 bits per heavy atom. The minimum atomic E-state index is 0. The molecular formula is CdGaGeInOPbZn. The molecule has 0 rings (SSSR count). The van der Waals surface area contributed by atoms with E-state index in [2.05, 4.69) is 0 Å². The van der Waals surface area contributed by atoms with Crippen molar-refractivity contribution in [3.05, 3.63) is 0 Å². The van der Waals surface area contributed by atoms with Crippen molar-refractivity contribution in [3.8, 4) is 0 Å². The first-order valence-electron chi connectivity index (χ1n) is 0.204. The Morgan fingerprint density at radius 2 is 1.14 bits per heavy atom. The Bertz CT molecular complexity index is 19.7. The summed E-state index contributed by atoms with van der Waals surface area (Å²) in [6, 6.07) is 0. The molecule has 0 atom stereocenters. The average Bonchev–Trinajstić information content (AvgIpc) is 1.00. The first-order valence-corrected chi connectivity index (χ1v) is 1.79. The van der Waals surface area contributed by atoms with Gasteiger partial charge in [0, 0.05) is 110 Å². The fourth-order valence-corrected chi connectivity index (χ4v) is 0. The molecule has 0 N–H and O–H groups in total. The molecule has 12 radical (unpaired) electrons. The van der Waals surface area contributed by atoms with Gasteiger partial charge < -0.3 is 0 Å². The molecule has 0 aliphatic carbocycles. The van der Waals surface area contributed by atoms with Gasteiger partial charge in [0.15, 0.2) is 0 Å². The zero-order chi connectivity index (χ0) is 2.00. The average molecular weight is 658 g/mol. The molecule has 0 heterocycles. The fourth-order valence-electron chi connectivity index (χ4n) is 0. The fraction of sp³-hybridized carbons (Fsp3) is 0. The third-order valence-corrected chi connectivity index (χ3v) is 0. The van der Waals surface area contributed by atoms with E-state index in [0.717, 1.165) is 0 Å². The summed E-state index contributed by atoms with van der Waals surface area (Å²) in [4.78, 5) is 0. The summed E-state index contributed by atoms with van der Waals surface area (Å²) in [7, 11) is 0. The van der Waals surface area contributed by atoms with Crippen LogP contribution < -0.4 is 0 Å². The number of hydrogen-bond acceptors (Lipinski definition) is 1. The van der Waals surface area contributed by atoms with Crippen LogP contribution in [0.15, 0.2) is 0 Å². The molecule has 0 spiro atoms. The third kappa shape index (κ3) is 38.3. The Kier molecular flexibility index (Phi) is 293. The molecule has 1 nitrogen and oxygen atoms in total. The van der Waals surface area contributed by atoms with Crippen LogP contribution in [0.25, 0.3) is 0 Å². The van der Waals surface area contributed by atoms with E-state index in [9.17, 15) is 0 Å². The molecule has 0 fully saturated rings. The maximum Gasteiger partial charge on any atom is 0 e. The summed E-state index contributed by atoms with van der Waals surface area (Å²) in [6.07, 6.45) is 0. The van der Waals surface area contributed by atoms with Crippen molar-refractivity contribution in [2.75, 3.05) is 0 Å². The van der Waals surface area contributed by atoms with Crippen LogP contribution in [0, 0.1) is 0 Å². The van der Waals surface area contributed by atoms with Crippen molar-refractivity contribution in [2.24, 2.45) is 0 Å². The molecule has 24 valence electrons. The summed E-state index contributed by atoms with van der Waals surface area (Å²) in [5, 5.41) is 0. The molecule has 0 aromatic rings. The van der Waals surface area contributed by atoms with Crippen LogP contribution in [0.5, 0.6) is 0 Å². The van der Waals surface area contributed by atoms with Gasteiger partial charge in [0.1, 0.15) is 0 Å². The van der Waals surface area contributed by atoms with Crippen molar-refractivity contribution in [1.29, 1.82) is 0 Å². The predicted octanol–water partition coefficient (Wildman–Crippen LogP) is -1.65. The van der Waals surface area contributed by atoms with E-state index >= 15 is 0 Å². The molecule has 7 heavy (non-hydrogen) atoms. The zero-order valence-electron chi connectivity index (χ0n) is 3.98. The van der Waals surface area contributed by atoms with Gasteiger partial charge in [0.05, 0.1) is 0 Å². The van der Waals surface area contributed by atoms with Crippen molar-refractivity contribution in [1.82, 2.24) is 0 Å². The minimum absolute atomic E-state index is 0. The Balaban J connectivity index is -0.000000000500. The standard InChI is InChI=1S/Cd.Ga.Ge.In.O.Pb.Zn. The van der Waals surface area contributed by atoms with Gasteiger partial charge in [-0.1, -0.05) is 0 Å². The number of hydrogen-bond donors (Lipinski definition) is 0. The van der Waals surface area contributed by atoms with E-state index in [1.165, 1.54) is 0 Å². The SMILES string of the molecule is [Cd].[Ga].[Ge].[In].[O]=[Pb].[Zn]. The van der Waals surface area contributed by atoms with Crippen LogP contribution in [0.2, 0.25) is 0 Å². The van der Waals surface area contributed by atoms with E-state index in [1.807, 2.05) is 0 Å². The van der Waals surface area contributed by atoms with Gasteiger partial charge in [-0.2, -0.15) is 0 Å². The third-order valence-electron chi connectivity index (χ3n) is 0. The van der Waals surface area contributed by atoms with Crippen molar-refractivity contribution in [3.63, 3.8) is 0 Å². The Labute approximate surface area is 135 Å². The molecule has 0 aliphatic rings. The summed E-state index contributed by atoms with van der Waals surface area (Å²) < 4.78 is 8.39. The van der Waals surface area contributed by atoms with Crippen LogP contribution in [0.1, 0.15) is 0 Å². The van der Waals surface area contributed by atoms with Gasteiger partial charge in [0.2, 0.25) is 0 Å². The molecule has 0 aliphatic heterocycles. The normalized spacial score (nSPS) is 0.571. The zero-order valence-corrected chi connectivity index (χ0v) is 22.7. The van der Waals surface area contributed by atoms with Gasteiger partial charge in [0.25, 0.3) is 0 Å². The van der Waals surface area contributed by atoms with Crippen molar-refractivity contribution < 1.29 is 49.5 Å². The summed E-state index contributed by atoms with van der Waals surface area (Å²) in [5.41, 5.74) is 0. The smallest absolute Gasteiger partial charge is 0 e. The number of rotatable bonds is 0. The first-order chi connectivity index (χ1) is 1.00. The molecule has 0 amide bonds. The second-order valence-corrected chi connectivity index (χ2v) is 0. The minimum Gasteiger partial charge on any atom is 0 e. The van der Waals surface area contributed by atoms with Crippen molar-refractivity contribution >= 4 is 89.0 Å². The van der Waals surface area contributed by atoms with Gasteiger partial charge in [-0.3, -0.25) is 0 Å².